The Kier molecular flexibility index (Phi) is 5.41. The van der Waals surface area contributed by atoms with Crippen molar-refractivity contribution in [2.45, 2.75) is 12.5 Å². The van der Waals surface area contributed by atoms with Gasteiger partial charge in [-0.05, 0) is 6.42 Å². The Morgan fingerprint density at radius 2 is 2.07 bits per heavy atom. The van der Waals surface area contributed by atoms with E-state index in [4.69, 9.17) is 9.15 Å². The van der Waals surface area contributed by atoms with Crippen molar-refractivity contribution in [2.75, 3.05) is 56.2 Å². The Morgan fingerprint density at radius 1 is 1.28 bits per heavy atom. The van der Waals surface area contributed by atoms with E-state index in [9.17, 15) is 15.0 Å². The van der Waals surface area contributed by atoms with Crippen LogP contribution in [0.25, 0.3) is 11.2 Å². The van der Waals surface area contributed by atoms with Crippen molar-refractivity contribution in [3.63, 3.8) is 0 Å². The Bertz CT molecular complexity index is 923. The van der Waals surface area contributed by atoms with E-state index in [1.54, 1.807) is 13.1 Å². The minimum atomic E-state index is -0.477. The van der Waals surface area contributed by atoms with Crippen LogP contribution in [0.2, 0.25) is 0 Å². The number of aliphatic hydroxyl groups excluding tert-OH is 2. The van der Waals surface area contributed by atoms with E-state index in [1.165, 1.54) is 0 Å². The molecule has 0 spiro atoms. The van der Waals surface area contributed by atoms with Crippen molar-refractivity contribution in [1.82, 2.24) is 20.6 Å². The number of hydrogen-bond donors (Lipinski definition) is 4. The molecule has 4 heterocycles. The van der Waals surface area contributed by atoms with Gasteiger partial charge in [0.1, 0.15) is 17.9 Å². The maximum Gasteiger partial charge on any atom is 0.300 e. The van der Waals surface area contributed by atoms with Crippen molar-refractivity contribution in [2.24, 2.45) is 0 Å². The quantitative estimate of drug-likeness (QED) is 0.502. The number of nitrogens with zero attached hydrogens (tertiary/aromatic N) is 4. The number of β-amino-alcohol motifs (C(OH)–C–C–N with tert-alkyl or cyclic N) is 1. The summed E-state index contributed by atoms with van der Waals surface area (Å²) < 4.78 is 11.2. The molecular formula is C18H24N6O5. The number of morpholine rings is 1. The van der Waals surface area contributed by atoms with Gasteiger partial charge in [0.2, 0.25) is 5.65 Å². The number of aromatic nitrogens is 2. The molecule has 156 valence electrons. The second-order valence-electron chi connectivity index (χ2n) is 6.91. The van der Waals surface area contributed by atoms with Crippen LogP contribution in [0.1, 0.15) is 16.8 Å². The van der Waals surface area contributed by atoms with Gasteiger partial charge in [0.25, 0.3) is 11.9 Å². The Hall–Kier alpha value is -3.05. The van der Waals surface area contributed by atoms with E-state index in [-0.39, 0.29) is 11.4 Å². The Labute approximate surface area is 167 Å². The molecule has 2 aromatic heterocycles. The molecule has 2 aliphatic rings. The highest BCUT2D eigenvalue weighted by Crippen LogP contribution is 2.29. The zero-order valence-electron chi connectivity index (χ0n) is 16.1. The maximum absolute atomic E-state index is 12.9. The molecule has 2 saturated heterocycles. The second-order valence-corrected chi connectivity index (χ2v) is 6.91. The van der Waals surface area contributed by atoms with Crippen LogP contribution in [0.3, 0.4) is 0 Å². The number of rotatable bonds is 5. The molecule has 11 nitrogen and oxygen atoms in total. The topological polar surface area (TPSA) is 136 Å². The minimum Gasteiger partial charge on any atom is -0.512 e. The molecular weight excluding hydrogens is 380 g/mol. The summed E-state index contributed by atoms with van der Waals surface area (Å²) in [4.78, 5) is 25.7. The molecule has 1 atom stereocenters. The minimum absolute atomic E-state index is 0.147. The summed E-state index contributed by atoms with van der Waals surface area (Å²) in [5.74, 6) is 0.102. The number of pyridine rings is 1. The lowest BCUT2D eigenvalue weighted by Gasteiger charge is -2.24. The average Bonchev–Trinajstić information content (AvgIpc) is 3.37. The van der Waals surface area contributed by atoms with Crippen LogP contribution in [-0.2, 0) is 4.74 Å². The first kappa shape index (κ1) is 19.3. The number of amides is 1. The summed E-state index contributed by atoms with van der Waals surface area (Å²) in [6, 6.07) is 2.03. The third-order valence-corrected chi connectivity index (χ3v) is 4.99. The number of oxazole rings is 1. The number of hydrogen-bond acceptors (Lipinski definition) is 10. The van der Waals surface area contributed by atoms with Gasteiger partial charge >= 0.3 is 0 Å². The molecule has 0 unspecified atom stereocenters. The molecule has 0 aliphatic carbocycles. The molecule has 2 fully saturated rings. The number of anilines is 2. The smallest absolute Gasteiger partial charge is 0.300 e. The van der Waals surface area contributed by atoms with E-state index in [0.717, 1.165) is 6.26 Å². The monoisotopic (exact) mass is 404 g/mol. The maximum atomic E-state index is 12.9. The van der Waals surface area contributed by atoms with Crippen LogP contribution >= 0.6 is 0 Å². The first-order valence-corrected chi connectivity index (χ1v) is 9.50. The molecule has 2 aliphatic heterocycles. The lowest BCUT2D eigenvalue weighted by molar-refractivity contribution is 0.0962. The van der Waals surface area contributed by atoms with Crippen molar-refractivity contribution in [3.8, 4) is 0 Å². The fourth-order valence-corrected chi connectivity index (χ4v) is 3.42. The highest BCUT2D eigenvalue weighted by Gasteiger charge is 2.28. The van der Waals surface area contributed by atoms with E-state index in [0.29, 0.717) is 68.9 Å². The predicted octanol–water partition coefficient (Wildman–Crippen LogP) is -0.0635. The predicted molar refractivity (Wildman–Crippen MR) is 105 cm³/mol. The fourth-order valence-electron chi connectivity index (χ4n) is 3.42. The van der Waals surface area contributed by atoms with E-state index in [2.05, 4.69) is 20.6 Å². The van der Waals surface area contributed by atoms with E-state index >= 15 is 0 Å². The number of fused-ring (bicyclic) bond motifs is 1. The van der Waals surface area contributed by atoms with Crippen molar-refractivity contribution in [1.29, 1.82) is 0 Å². The molecule has 0 bridgehead atoms. The van der Waals surface area contributed by atoms with Crippen molar-refractivity contribution < 1.29 is 24.2 Å². The van der Waals surface area contributed by atoms with Crippen LogP contribution in [0.5, 0.6) is 0 Å². The summed E-state index contributed by atoms with van der Waals surface area (Å²) >= 11 is 0. The third-order valence-electron chi connectivity index (χ3n) is 4.99. The highest BCUT2D eigenvalue weighted by atomic mass is 16.5. The molecule has 0 aromatic carbocycles. The number of ether oxygens (including phenoxy) is 1. The number of nitrogens with one attached hydrogen (secondary N) is 2. The molecule has 0 radical (unpaired) electrons. The van der Waals surface area contributed by atoms with Gasteiger partial charge in [0, 0.05) is 39.3 Å². The van der Waals surface area contributed by atoms with Gasteiger partial charge in [-0.3, -0.25) is 4.79 Å². The normalized spacial score (nSPS) is 20.3. The Morgan fingerprint density at radius 3 is 2.72 bits per heavy atom. The van der Waals surface area contributed by atoms with E-state index < -0.39 is 12.0 Å². The largest absolute Gasteiger partial charge is 0.512 e. The first-order chi connectivity index (χ1) is 14.1. The number of carbonyl (C=O) groups excluding carboxylic acids is 1. The van der Waals surface area contributed by atoms with Crippen LogP contribution < -0.4 is 20.4 Å². The molecule has 29 heavy (non-hydrogen) atoms. The van der Waals surface area contributed by atoms with Crippen molar-refractivity contribution >= 4 is 29.0 Å². The van der Waals surface area contributed by atoms with Gasteiger partial charge in [-0.25, -0.2) is 4.98 Å². The highest BCUT2D eigenvalue weighted by molar-refractivity contribution is 6.02. The van der Waals surface area contributed by atoms with Gasteiger partial charge in [-0.1, -0.05) is 0 Å². The van der Waals surface area contributed by atoms with Crippen LogP contribution in [0, 0.1) is 0 Å². The van der Waals surface area contributed by atoms with Gasteiger partial charge in [-0.15, -0.1) is 0 Å². The zero-order valence-corrected chi connectivity index (χ0v) is 16.1. The van der Waals surface area contributed by atoms with Crippen LogP contribution in [-0.4, -0.2) is 78.6 Å². The van der Waals surface area contributed by atoms with Gasteiger partial charge < -0.3 is 39.8 Å². The van der Waals surface area contributed by atoms with Crippen LogP contribution in [0.4, 0.5) is 11.8 Å². The average molecular weight is 404 g/mol. The van der Waals surface area contributed by atoms with Gasteiger partial charge in [0.15, 0.2) is 5.58 Å². The van der Waals surface area contributed by atoms with Crippen molar-refractivity contribution in [3.05, 3.63) is 23.7 Å². The lowest BCUT2D eigenvalue weighted by Crippen LogP contribution is -2.36. The van der Waals surface area contributed by atoms with Gasteiger partial charge in [0.05, 0.1) is 24.9 Å². The molecule has 4 N–H and O–H groups in total. The molecule has 11 heteroatoms. The Balaban J connectivity index is 1.73. The third kappa shape index (κ3) is 3.91. The SMILES string of the molecule is CN/C(=C\O)NC(=O)c1cc2oc(N3CCOCC3)nc2nc1N1CC[C@@H](O)C1. The summed E-state index contributed by atoms with van der Waals surface area (Å²) in [5.41, 5.74) is 1.05. The first-order valence-electron chi connectivity index (χ1n) is 9.50. The van der Waals surface area contributed by atoms with E-state index in [1.807, 2.05) is 9.80 Å². The van der Waals surface area contributed by atoms with Gasteiger partial charge in [-0.2, -0.15) is 4.98 Å². The molecule has 1 amide bonds. The summed E-state index contributed by atoms with van der Waals surface area (Å²) in [6.07, 6.45) is 0.889. The summed E-state index contributed by atoms with van der Waals surface area (Å²) in [6.45, 7) is 3.47. The number of aliphatic hydroxyl groups is 2. The molecule has 2 aromatic rings. The standard InChI is InChI=1S/C18H24N6O5/c1-19-14(10-25)20-17(27)12-8-13-15(21-16(12)24-3-2-11(26)9-24)22-18(29-13)23-4-6-28-7-5-23/h8,10-11,19,25-26H,2-7,9H2,1H3,(H,20,27)/b14-10+/t11-/m1/s1. The zero-order chi connectivity index (χ0) is 20.4. The number of carbonyl (C=O) groups is 1. The lowest BCUT2D eigenvalue weighted by atomic mass is 10.2. The second kappa shape index (κ2) is 8.13. The van der Waals surface area contributed by atoms with Crippen LogP contribution in [0.15, 0.2) is 22.6 Å². The fraction of sp³-hybridized carbons (Fsp3) is 0.500. The summed E-state index contributed by atoms with van der Waals surface area (Å²) in [5, 5.41) is 24.4. The molecule has 0 saturated carbocycles. The molecule has 4 rings (SSSR count). The summed E-state index contributed by atoms with van der Waals surface area (Å²) in [7, 11) is 1.58.